The average Bonchev–Trinajstić information content (AvgIpc) is 3.17. The molecule has 2 aromatic carbocycles. The molecule has 28 heavy (non-hydrogen) atoms. The lowest BCUT2D eigenvalue weighted by molar-refractivity contribution is -0.922. The van der Waals surface area contributed by atoms with Gasteiger partial charge in [0.2, 0.25) is 0 Å². The number of para-hydroxylation sites is 1. The zero-order valence-electron chi connectivity index (χ0n) is 18.2. The molecule has 1 N–H and O–H groups in total. The number of anilines is 1. The molecule has 3 rings (SSSR count). The second-order valence-electron chi connectivity index (χ2n) is 8.35. The Bertz CT molecular complexity index is 668. The van der Waals surface area contributed by atoms with Crippen molar-refractivity contribution in [3.63, 3.8) is 0 Å². The Hall–Kier alpha value is -1.80. The van der Waals surface area contributed by atoms with Crippen molar-refractivity contribution in [3.05, 3.63) is 65.7 Å². The Labute approximate surface area is 172 Å². The summed E-state index contributed by atoms with van der Waals surface area (Å²) < 4.78 is 0. The third-order valence-corrected chi connectivity index (χ3v) is 6.67. The van der Waals surface area contributed by atoms with Crippen LogP contribution in [-0.4, -0.2) is 31.7 Å². The molecule has 0 saturated heterocycles. The topological polar surface area (TPSA) is 7.68 Å². The van der Waals surface area contributed by atoms with Crippen LogP contribution in [0, 0.1) is 0 Å². The molecule has 0 heterocycles. The third kappa shape index (κ3) is 5.17. The number of hydrogen-bond donors (Lipinski definition) is 1. The molecular formula is C26H39N2+. The van der Waals surface area contributed by atoms with Gasteiger partial charge < -0.3 is 9.80 Å². The van der Waals surface area contributed by atoms with E-state index >= 15 is 0 Å². The van der Waals surface area contributed by atoms with Gasteiger partial charge in [-0.2, -0.15) is 0 Å². The number of nitrogens with one attached hydrogen (secondary N) is 1. The van der Waals surface area contributed by atoms with E-state index in [0.717, 1.165) is 6.04 Å². The highest BCUT2D eigenvalue weighted by molar-refractivity contribution is 5.49. The molecule has 1 aliphatic carbocycles. The average molecular weight is 380 g/mol. The van der Waals surface area contributed by atoms with Crippen LogP contribution < -0.4 is 9.80 Å². The first-order valence-corrected chi connectivity index (χ1v) is 11.5. The van der Waals surface area contributed by atoms with Crippen LogP contribution in [0.15, 0.2) is 54.6 Å². The number of rotatable bonds is 11. The normalized spacial score (nSPS) is 15.0. The van der Waals surface area contributed by atoms with Crippen LogP contribution in [0.25, 0.3) is 0 Å². The Morgan fingerprint density at radius 1 is 0.857 bits per heavy atom. The van der Waals surface area contributed by atoms with Crippen molar-refractivity contribution in [2.45, 2.75) is 71.4 Å². The fourth-order valence-electron chi connectivity index (χ4n) is 5.02. The van der Waals surface area contributed by atoms with Gasteiger partial charge >= 0.3 is 0 Å². The van der Waals surface area contributed by atoms with Gasteiger partial charge in [-0.15, -0.1) is 0 Å². The van der Waals surface area contributed by atoms with Crippen molar-refractivity contribution in [3.8, 4) is 0 Å². The molecule has 2 nitrogen and oxygen atoms in total. The standard InChI is InChI=1S/C26H38N2/c1-4-7-15-24(27(5-2)6-3)18-19-28(25-16-9-8-10-17-25)26-20-22-13-11-12-14-23(22)21-26/h8-14,16-17,24,26H,4-7,15,18-21H2,1-3H3/p+1/t24-/m0/s1. The molecule has 0 aromatic heterocycles. The predicted octanol–water partition coefficient (Wildman–Crippen LogP) is 4.53. The molecule has 1 aliphatic rings. The maximum absolute atomic E-state index is 2.71. The largest absolute Gasteiger partial charge is 0.368 e. The van der Waals surface area contributed by atoms with Crippen molar-refractivity contribution in [1.29, 1.82) is 0 Å². The van der Waals surface area contributed by atoms with Crippen LogP contribution in [0.1, 0.15) is 57.6 Å². The lowest BCUT2D eigenvalue weighted by Crippen LogP contribution is -3.15. The summed E-state index contributed by atoms with van der Waals surface area (Å²) in [5.41, 5.74) is 4.49. The van der Waals surface area contributed by atoms with E-state index in [2.05, 4.69) is 80.3 Å². The van der Waals surface area contributed by atoms with Crippen LogP contribution in [0.2, 0.25) is 0 Å². The summed E-state index contributed by atoms with van der Waals surface area (Å²) in [7, 11) is 0. The van der Waals surface area contributed by atoms with Crippen LogP contribution >= 0.6 is 0 Å². The molecule has 0 fully saturated rings. The Balaban J connectivity index is 1.74. The molecular weight excluding hydrogens is 340 g/mol. The van der Waals surface area contributed by atoms with Gasteiger partial charge in [-0.25, -0.2) is 0 Å². The van der Waals surface area contributed by atoms with E-state index in [-0.39, 0.29) is 0 Å². The number of fused-ring (bicyclic) bond motifs is 1. The molecule has 0 radical (unpaired) electrons. The van der Waals surface area contributed by atoms with Gasteiger partial charge in [0.15, 0.2) is 0 Å². The third-order valence-electron chi connectivity index (χ3n) is 6.67. The molecule has 0 bridgehead atoms. The van der Waals surface area contributed by atoms with Gasteiger partial charge in [0.1, 0.15) is 0 Å². The second-order valence-corrected chi connectivity index (χ2v) is 8.35. The van der Waals surface area contributed by atoms with E-state index in [9.17, 15) is 0 Å². The quantitative estimate of drug-likeness (QED) is 0.602. The maximum Gasteiger partial charge on any atom is 0.0891 e. The van der Waals surface area contributed by atoms with Crippen molar-refractivity contribution < 1.29 is 4.90 Å². The van der Waals surface area contributed by atoms with Crippen LogP contribution in [0.3, 0.4) is 0 Å². The Morgan fingerprint density at radius 2 is 1.46 bits per heavy atom. The molecule has 0 saturated carbocycles. The van der Waals surface area contributed by atoms with Gasteiger partial charge in [0.25, 0.3) is 0 Å². The fourth-order valence-corrected chi connectivity index (χ4v) is 5.02. The van der Waals surface area contributed by atoms with E-state index in [4.69, 9.17) is 0 Å². The van der Waals surface area contributed by atoms with E-state index in [0.29, 0.717) is 6.04 Å². The molecule has 0 amide bonds. The van der Waals surface area contributed by atoms with E-state index in [1.807, 2.05) is 0 Å². The Morgan fingerprint density at radius 3 is 2.04 bits per heavy atom. The summed E-state index contributed by atoms with van der Waals surface area (Å²) in [4.78, 5) is 4.48. The number of benzene rings is 2. The van der Waals surface area contributed by atoms with Gasteiger partial charge in [-0.3, -0.25) is 0 Å². The number of unbranched alkanes of at least 4 members (excludes halogenated alkanes) is 1. The predicted molar refractivity (Wildman–Crippen MR) is 121 cm³/mol. The van der Waals surface area contributed by atoms with Crippen molar-refractivity contribution in [2.75, 3.05) is 24.5 Å². The molecule has 2 aromatic rings. The maximum atomic E-state index is 2.71. The summed E-state index contributed by atoms with van der Waals surface area (Å²) >= 11 is 0. The summed E-state index contributed by atoms with van der Waals surface area (Å²) in [6.45, 7) is 10.7. The minimum absolute atomic E-state index is 0.596. The molecule has 0 spiro atoms. The first-order valence-electron chi connectivity index (χ1n) is 11.5. The van der Waals surface area contributed by atoms with Gasteiger partial charge in [0, 0.05) is 24.7 Å². The van der Waals surface area contributed by atoms with E-state index in [1.165, 1.54) is 63.8 Å². The first kappa shape index (κ1) is 20.9. The van der Waals surface area contributed by atoms with Crippen molar-refractivity contribution in [2.24, 2.45) is 0 Å². The highest BCUT2D eigenvalue weighted by Crippen LogP contribution is 2.29. The molecule has 1 atom stereocenters. The second kappa shape index (κ2) is 10.7. The summed E-state index contributed by atoms with van der Waals surface area (Å²) in [6.07, 6.45) is 7.68. The first-order chi connectivity index (χ1) is 13.8. The van der Waals surface area contributed by atoms with Gasteiger partial charge in [-0.05, 0) is 62.8 Å². The zero-order valence-corrected chi connectivity index (χ0v) is 18.2. The summed E-state index contributed by atoms with van der Waals surface area (Å²) in [5.74, 6) is 0. The van der Waals surface area contributed by atoms with Crippen molar-refractivity contribution in [1.82, 2.24) is 0 Å². The highest BCUT2D eigenvalue weighted by atomic mass is 15.2. The van der Waals surface area contributed by atoms with Crippen LogP contribution in [0.5, 0.6) is 0 Å². The number of quaternary nitrogens is 1. The number of nitrogens with zero attached hydrogens (tertiary/aromatic N) is 1. The Kier molecular flexibility index (Phi) is 7.97. The lowest BCUT2D eigenvalue weighted by Gasteiger charge is -2.34. The number of hydrogen-bond acceptors (Lipinski definition) is 1. The minimum atomic E-state index is 0.596. The van der Waals surface area contributed by atoms with Gasteiger partial charge in [0.05, 0.1) is 19.1 Å². The zero-order chi connectivity index (χ0) is 19.8. The monoisotopic (exact) mass is 379 g/mol. The van der Waals surface area contributed by atoms with E-state index < -0.39 is 0 Å². The molecule has 152 valence electrons. The smallest absolute Gasteiger partial charge is 0.0891 e. The molecule has 2 heteroatoms. The molecule has 0 unspecified atom stereocenters. The fraction of sp³-hybridized carbons (Fsp3) is 0.538. The summed E-state index contributed by atoms with van der Waals surface area (Å²) in [5, 5.41) is 0. The van der Waals surface area contributed by atoms with E-state index in [1.54, 1.807) is 16.0 Å². The SMILES string of the molecule is CCCC[C@@H](CCN(c1ccccc1)C1Cc2ccccc2C1)[NH+](CC)CC. The van der Waals surface area contributed by atoms with Crippen LogP contribution in [-0.2, 0) is 12.8 Å². The van der Waals surface area contributed by atoms with Crippen molar-refractivity contribution >= 4 is 5.69 Å². The summed E-state index contributed by atoms with van der Waals surface area (Å²) in [6, 6.07) is 21.5. The van der Waals surface area contributed by atoms with Crippen LogP contribution in [0.4, 0.5) is 5.69 Å². The highest BCUT2D eigenvalue weighted by Gasteiger charge is 2.28. The minimum Gasteiger partial charge on any atom is -0.368 e. The molecule has 0 aliphatic heterocycles. The van der Waals surface area contributed by atoms with Gasteiger partial charge in [-0.1, -0.05) is 55.8 Å². The lowest BCUT2D eigenvalue weighted by atomic mass is 10.0.